The Balaban J connectivity index is 0.000000512. The molecule has 1 aliphatic heterocycles. The van der Waals surface area contributed by atoms with Gasteiger partial charge in [-0.15, -0.1) is 0 Å². The van der Waals surface area contributed by atoms with Crippen LogP contribution >= 0.6 is 0 Å². The third-order valence-corrected chi connectivity index (χ3v) is 4.40. The van der Waals surface area contributed by atoms with Gasteiger partial charge in [0.25, 0.3) is 0 Å². The number of aromatic nitrogens is 2. The Kier molecular flexibility index (Phi) is 10.8. The fraction of sp³-hybridized carbons (Fsp3) is 0.545. The van der Waals surface area contributed by atoms with Crippen molar-refractivity contribution < 1.29 is 9.50 Å². The molecule has 0 unspecified atom stereocenters. The second-order valence-electron chi connectivity index (χ2n) is 7.77. The summed E-state index contributed by atoms with van der Waals surface area (Å²) in [5, 5.41) is 15.8. The highest BCUT2D eigenvalue weighted by Gasteiger charge is 2.21. The summed E-state index contributed by atoms with van der Waals surface area (Å²) in [5.41, 5.74) is 7.48. The molecule has 0 amide bonds. The van der Waals surface area contributed by atoms with Crippen molar-refractivity contribution in [2.45, 2.75) is 66.5 Å². The molecule has 172 valence electrons. The number of hydrazone groups is 1. The minimum atomic E-state index is -1.14. The zero-order valence-electron chi connectivity index (χ0n) is 19.5. The number of rotatable bonds is 8. The fourth-order valence-electron chi connectivity index (χ4n) is 2.52. The summed E-state index contributed by atoms with van der Waals surface area (Å²) in [7, 11) is 0. The van der Waals surface area contributed by atoms with Crippen molar-refractivity contribution in [3.8, 4) is 0 Å². The first-order valence-corrected chi connectivity index (χ1v) is 10.4. The number of hydrogen-bond acceptors (Lipinski definition) is 6. The average Bonchev–Trinajstić information content (AvgIpc) is 3.12. The first kappa shape index (κ1) is 26.2. The lowest BCUT2D eigenvalue weighted by molar-refractivity contribution is 0.150. The predicted octanol–water partition coefficient (Wildman–Crippen LogP) is 3.58. The number of aryl methyl sites for hydroxylation is 1. The van der Waals surface area contributed by atoms with Crippen molar-refractivity contribution in [2.75, 3.05) is 13.2 Å². The number of nitrogens with zero attached hydrogens (tertiary/aromatic N) is 6. The molecule has 8 nitrogen and oxygen atoms in total. The molecular formula is C22H36FN7O. The van der Waals surface area contributed by atoms with Crippen LogP contribution in [-0.4, -0.2) is 56.4 Å². The molecule has 1 aromatic rings. The number of aliphatic hydroxyl groups is 1. The van der Waals surface area contributed by atoms with E-state index >= 15 is 0 Å². The van der Waals surface area contributed by atoms with Gasteiger partial charge in [0, 0.05) is 24.3 Å². The minimum Gasteiger partial charge on any atom is -0.383 e. The molecule has 0 radical (unpaired) electrons. The number of aliphatic imine (C=N–C) groups is 2. The van der Waals surface area contributed by atoms with E-state index in [0.717, 1.165) is 24.4 Å². The molecule has 31 heavy (non-hydrogen) atoms. The summed E-state index contributed by atoms with van der Waals surface area (Å²) in [6.45, 7) is 11.7. The summed E-state index contributed by atoms with van der Waals surface area (Å²) in [6, 6.07) is 0. The monoisotopic (exact) mass is 433 g/mol. The zero-order valence-corrected chi connectivity index (χ0v) is 19.5. The van der Waals surface area contributed by atoms with Crippen molar-refractivity contribution in [1.82, 2.24) is 14.6 Å². The van der Waals surface area contributed by atoms with Crippen LogP contribution < -0.4 is 5.73 Å². The van der Waals surface area contributed by atoms with E-state index in [1.807, 2.05) is 20.0 Å². The van der Waals surface area contributed by atoms with Gasteiger partial charge in [-0.1, -0.05) is 19.4 Å². The van der Waals surface area contributed by atoms with Crippen molar-refractivity contribution in [3.05, 3.63) is 41.8 Å². The number of allylic oxidation sites excluding steroid dienone is 2. The Morgan fingerprint density at radius 3 is 2.65 bits per heavy atom. The van der Waals surface area contributed by atoms with E-state index in [1.165, 1.54) is 5.57 Å². The van der Waals surface area contributed by atoms with Crippen LogP contribution in [0.15, 0.2) is 51.0 Å². The van der Waals surface area contributed by atoms with Crippen molar-refractivity contribution in [1.29, 1.82) is 0 Å². The second kappa shape index (κ2) is 12.8. The number of halogens is 1. The second-order valence-corrected chi connectivity index (χ2v) is 7.77. The molecule has 0 saturated heterocycles. The largest absolute Gasteiger partial charge is 0.383 e. The molecule has 0 saturated carbocycles. The van der Waals surface area contributed by atoms with Gasteiger partial charge in [0.05, 0.1) is 18.8 Å². The van der Waals surface area contributed by atoms with Gasteiger partial charge in [-0.3, -0.25) is 4.99 Å². The predicted molar refractivity (Wildman–Crippen MR) is 126 cm³/mol. The highest BCUT2D eigenvalue weighted by atomic mass is 19.1. The first-order chi connectivity index (χ1) is 14.6. The topological polar surface area (TPSA) is 104 Å². The lowest BCUT2D eigenvalue weighted by atomic mass is 10.1. The quantitative estimate of drug-likeness (QED) is 0.483. The van der Waals surface area contributed by atoms with Crippen LogP contribution in [0, 0.1) is 6.92 Å². The van der Waals surface area contributed by atoms with E-state index < -0.39 is 12.3 Å². The molecular weight excluding hydrogens is 397 g/mol. The molecule has 1 aromatic heterocycles. The molecule has 1 aliphatic rings. The Morgan fingerprint density at radius 1 is 1.42 bits per heavy atom. The summed E-state index contributed by atoms with van der Waals surface area (Å²) >= 11 is 0. The van der Waals surface area contributed by atoms with Crippen LogP contribution in [0.4, 0.5) is 4.39 Å². The lowest BCUT2D eigenvalue weighted by Gasteiger charge is -2.25. The highest BCUT2D eigenvalue weighted by molar-refractivity contribution is 5.88. The maximum absolute atomic E-state index is 11.5. The smallest absolute Gasteiger partial charge is 0.151 e. The van der Waals surface area contributed by atoms with Crippen LogP contribution in [0.3, 0.4) is 0 Å². The Morgan fingerprint density at radius 2 is 2.13 bits per heavy atom. The maximum Gasteiger partial charge on any atom is 0.151 e. The molecule has 2 heterocycles. The average molecular weight is 434 g/mol. The number of alkyl halides is 1. The standard InChI is InChI=1S/C16H26N6O.C6H10FN/c1-5-6-13-9-22(20-15(17)16(3,4)23)11-19-14(13)10-21-8-7-18-12(21)2;1-3-4-8-6(2)5-7/h7-8,11,23H,5-6,9-10H2,1-4H3,(H2,17,20);3-4H,5H2,1-2H3/b;4-3-,8-6?. The molecule has 0 spiro atoms. The van der Waals surface area contributed by atoms with Crippen molar-refractivity contribution >= 4 is 17.9 Å². The fourth-order valence-corrected chi connectivity index (χ4v) is 2.52. The lowest BCUT2D eigenvalue weighted by Crippen LogP contribution is -2.40. The molecule has 0 atom stereocenters. The van der Waals surface area contributed by atoms with E-state index in [9.17, 15) is 9.50 Å². The zero-order chi connectivity index (χ0) is 23.4. The van der Waals surface area contributed by atoms with Crippen LogP contribution in [0.2, 0.25) is 0 Å². The van der Waals surface area contributed by atoms with Gasteiger partial charge in [0.2, 0.25) is 0 Å². The maximum atomic E-state index is 11.5. The van der Waals surface area contributed by atoms with E-state index in [2.05, 4.69) is 31.6 Å². The number of nitrogens with two attached hydrogens (primary N) is 1. The van der Waals surface area contributed by atoms with Crippen molar-refractivity contribution in [2.24, 2.45) is 20.8 Å². The van der Waals surface area contributed by atoms with Crippen LogP contribution in [0.25, 0.3) is 0 Å². The molecule has 0 aliphatic carbocycles. The van der Waals surface area contributed by atoms with Gasteiger partial charge in [-0.25, -0.2) is 19.4 Å². The molecule has 0 bridgehead atoms. The number of amidine groups is 1. The summed E-state index contributed by atoms with van der Waals surface area (Å²) in [4.78, 5) is 12.5. The first-order valence-electron chi connectivity index (χ1n) is 10.4. The van der Waals surface area contributed by atoms with E-state index in [0.29, 0.717) is 18.8 Å². The Hall–Kier alpha value is -2.81. The van der Waals surface area contributed by atoms with Crippen molar-refractivity contribution in [3.63, 3.8) is 0 Å². The number of hydrogen-bond donors (Lipinski definition) is 2. The summed E-state index contributed by atoms with van der Waals surface area (Å²) in [6.07, 6.45) is 10.7. The molecule has 9 heteroatoms. The van der Waals surface area contributed by atoms with E-state index in [-0.39, 0.29) is 5.84 Å². The minimum absolute atomic E-state index is 0.175. The Bertz CT molecular complexity index is 844. The highest BCUT2D eigenvalue weighted by Crippen LogP contribution is 2.20. The Labute approximate surface area is 184 Å². The van der Waals surface area contributed by atoms with E-state index in [4.69, 9.17) is 5.73 Å². The van der Waals surface area contributed by atoms with Crippen LogP contribution in [-0.2, 0) is 6.54 Å². The van der Waals surface area contributed by atoms with E-state index in [1.54, 1.807) is 50.6 Å². The molecule has 2 rings (SSSR count). The van der Waals surface area contributed by atoms with Gasteiger partial charge in [0.15, 0.2) is 5.84 Å². The number of imidazole rings is 1. The van der Waals surface area contributed by atoms with Gasteiger partial charge in [-0.2, -0.15) is 5.10 Å². The normalized spacial score (nSPS) is 15.5. The van der Waals surface area contributed by atoms with Crippen LogP contribution in [0.5, 0.6) is 0 Å². The third kappa shape index (κ3) is 9.25. The summed E-state index contributed by atoms with van der Waals surface area (Å²) < 4.78 is 13.6. The van der Waals surface area contributed by atoms with Gasteiger partial charge in [0.1, 0.15) is 24.4 Å². The molecule has 0 fully saturated rings. The molecule has 0 aromatic carbocycles. The van der Waals surface area contributed by atoms with Gasteiger partial charge < -0.3 is 15.4 Å². The molecule has 3 N–H and O–H groups in total. The third-order valence-electron chi connectivity index (χ3n) is 4.40. The SMILES string of the molecule is C/C=C\N=C(C)CF.CCCC1=C(Cn2ccnc2C)N=CN(/N=C(\N)C(C)(C)O)C1. The van der Waals surface area contributed by atoms with Gasteiger partial charge in [-0.05, 0) is 46.6 Å². The summed E-state index contributed by atoms with van der Waals surface area (Å²) in [5.74, 6) is 1.14. The van der Waals surface area contributed by atoms with Gasteiger partial charge >= 0.3 is 0 Å². The van der Waals surface area contributed by atoms with Crippen LogP contribution in [0.1, 0.15) is 53.3 Å².